The van der Waals surface area contributed by atoms with Crippen molar-refractivity contribution in [2.45, 2.75) is 26.5 Å². The Labute approximate surface area is 224 Å². The Kier molecular flexibility index (Phi) is 7.51. The molecule has 2 heterocycles. The van der Waals surface area contributed by atoms with E-state index in [0.717, 1.165) is 16.7 Å². The quantitative estimate of drug-likeness (QED) is 0.225. The van der Waals surface area contributed by atoms with Gasteiger partial charge in [0.2, 0.25) is 11.7 Å². The van der Waals surface area contributed by atoms with E-state index in [1.165, 1.54) is 0 Å². The van der Waals surface area contributed by atoms with Crippen LogP contribution in [0.4, 0.5) is 0 Å². The topological polar surface area (TPSA) is 103 Å². The van der Waals surface area contributed by atoms with Crippen LogP contribution in [0.15, 0.2) is 94.0 Å². The minimum Gasteiger partial charge on any atom is -0.489 e. The van der Waals surface area contributed by atoms with E-state index < -0.39 is 11.9 Å². The van der Waals surface area contributed by atoms with Crippen LogP contribution in [0, 0.1) is 5.92 Å². The number of rotatable bonds is 9. The number of hydrogen-bond acceptors (Lipinski definition) is 7. The Balaban J connectivity index is 1.24. The Morgan fingerprint density at radius 2 is 1.66 bits per heavy atom. The van der Waals surface area contributed by atoms with Crippen LogP contribution in [0.1, 0.15) is 41.8 Å². The normalized spacial score (nSPS) is 11.9. The average molecular weight is 529 g/mol. The summed E-state index contributed by atoms with van der Waals surface area (Å²) in [5, 5.41) is 11.6. The number of benzene rings is 3. The fraction of sp³-hybridized carbons (Fsp3) is 0.172. The summed E-state index contributed by atoms with van der Waals surface area (Å²) in [5.74, 6) is 1.51. The number of carbonyl (C=O) groups excluding carboxylic acids is 1. The summed E-state index contributed by atoms with van der Waals surface area (Å²) >= 11 is 6.19. The van der Waals surface area contributed by atoms with Gasteiger partial charge in [0.05, 0.1) is 0 Å². The summed E-state index contributed by atoms with van der Waals surface area (Å²) in [6.07, 6.45) is 0. The fourth-order valence-electron chi connectivity index (χ4n) is 3.80. The van der Waals surface area contributed by atoms with E-state index >= 15 is 0 Å². The zero-order chi connectivity index (χ0) is 26.5. The van der Waals surface area contributed by atoms with Crippen molar-refractivity contribution in [1.29, 1.82) is 0 Å². The molecule has 0 radical (unpaired) electrons. The van der Waals surface area contributed by atoms with Gasteiger partial charge in [-0.2, -0.15) is 4.98 Å². The average Bonchev–Trinajstić information content (AvgIpc) is 3.63. The van der Waals surface area contributed by atoms with Crippen LogP contribution in [0.3, 0.4) is 0 Å². The second-order valence-corrected chi connectivity index (χ2v) is 9.41. The molecule has 0 saturated carbocycles. The van der Waals surface area contributed by atoms with Crippen molar-refractivity contribution in [3.8, 4) is 28.5 Å². The summed E-state index contributed by atoms with van der Waals surface area (Å²) in [4.78, 5) is 17.5. The third-order valence-corrected chi connectivity index (χ3v) is 6.30. The van der Waals surface area contributed by atoms with Gasteiger partial charge in [0.25, 0.3) is 5.91 Å². The Bertz CT molecular complexity index is 1510. The second-order valence-electron chi connectivity index (χ2n) is 9.00. The molecule has 38 heavy (non-hydrogen) atoms. The van der Waals surface area contributed by atoms with E-state index in [2.05, 4.69) is 20.6 Å². The number of nitrogens with zero attached hydrogens (tertiary/aromatic N) is 3. The summed E-state index contributed by atoms with van der Waals surface area (Å²) in [6.45, 7) is 4.28. The molecule has 5 rings (SSSR count). The highest BCUT2D eigenvalue weighted by molar-refractivity contribution is 6.31. The van der Waals surface area contributed by atoms with Crippen molar-refractivity contribution in [2.75, 3.05) is 0 Å². The van der Waals surface area contributed by atoms with Crippen LogP contribution in [-0.2, 0) is 6.61 Å². The summed E-state index contributed by atoms with van der Waals surface area (Å²) in [6, 6.07) is 25.5. The Morgan fingerprint density at radius 1 is 0.921 bits per heavy atom. The van der Waals surface area contributed by atoms with Gasteiger partial charge in [-0.15, -0.1) is 0 Å². The van der Waals surface area contributed by atoms with Gasteiger partial charge in [0, 0.05) is 27.8 Å². The Morgan fingerprint density at radius 3 is 2.39 bits per heavy atom. The third-order valence-electron chi connectivity index (χ3n) is 5.93. The highest BCUT2D eigenvalue weighted by Gasteiger charge is 2.27. The lowest BCUT2D eigenvalue weighted by Gasteiger charge is -2.17. The van der Waals surface area contributed by atoms with Gasteiger partial charge in [0.15, 0.2) is 11.5 Å². The molecule has 3 aromatic carbocycles. The highest BCUT2D eigenvalue weighted by atomic mass is 35.5. The predicted molar refractivity (Wildman–Crippen MR) is 143 cm³/mol. The van der Waals surface area contributed by atoms with Crippen molar-refractivity contribution in [3.63, 3.8) is 0 Å². The second kappa shape index (κ2) is 11.3. The van der Waals surface area contributed by atoms with Crippen molar-refractivity contribution in [2.24, 2.45) is 5.92 Å². The van der Waals surface area contributed by atoms with Gasteiger partial charge in [-0.3, -0.25) is 4.79 Å². The fourth-order valence-corrected chi connectivity index (χ4v) is 4.00. The molecule has 0 bridgehead atoms. The molecule has 0 saturated heterocycles. The molecule has 8 nitrogen and oxygen atoms in total. The Hall–Kier alpha value is -4.43. The predicted octanol–water partition coefficient (Wildman–Crippen LogP) is 6.75. The lowest BCUT2D eigenvalue weighted by Crippen LogP contribution is -2.32. The van der Waals surface area contributed by atoms with Crippen molar-refractivity contribution < 1.29 is 18.6 Å². The SMILES string of the molecule is CC(C)C(NC(=O)c1cc(-c2ccc(OCc3ccccc3Cl)cc2)on1)c1nc(-c2ccccc2)no1. The maximum absolute atomic E-state index is 13.0. The summed E-state index contributed by atoms with van der Waals surface area (Å²) in [7, 11) is 0. The zero-order valence-electron chi connectivity index (χ0n) is 20.8. The van der Waals surface area contributed by atoms with Crippen LogP contribution in [0.25, 0.3) is 22.7 Å². The molecule has 0 fully saturated rings. The first kappa shape index (κ1) is 25.2. The van der Waals surface area contributed by atoms with E-state index in [1.54, 1.807) is 6.07 Å². The van der Waals surface area contributed by atoms with Gasteiger partial charge in [-0.1, -0.05) is 84.3 Å². The van der Waals surface area contributed by atoms with Gasteiger partial charge in [0.1, 0.15) is 18.4 Å². The van der Waals surface area contributed by atoms with Crippen molar-refractivity contribution in [1.82, 2.24) is 20.6 Å². The maximum Gasteiger partial charge on any atom is 0.274 e. The molecule has 0 aliphatic carbocycles. The number of ether oxygens (including phenoxy) is 1. The minimum atomic E-state index is -0.498. The monoisotopic (exact) mass is 528 g/mol. The molecular formula is C29H25ClN4O4. The van der Waals surface area contributed by atoms with Crippen molar-refractivity contribution >= 4 is 17.5 Å². The van der Waals surface area contributed by atoms with Crippen LogP contribution < -0.4 is 10.1 Å². The molecule has 0 aliphatic heterocycles. The summed E-state index contributed by atoms with van der Waals surface area (Å²) < 4.78 is 16.8. The minimum absolute atomic E-state index is 0.00675. The molecule has 0 aliphatic rings. The number of amides is 1. The number of nitrogens with one attached hydrogen (secondary N) is 1. The first-order chi connectivity index (χ1) is 18.5. The van der Waals surface area contributed by atoms with Crippen LogP contribution in [-0.4, -0.2) is 21.2 Å². The van der Waals surface area contributed by atoms with Gasteiger partial charge >= 0.3 is 0 Å². The number of carbonyl (C=O) groups is 1. The smallest absolute Gasteiger partial charge is 0.274 e. The molecule has 1 atom stereocenters. The molecule has 1 unspecified atom stereocenters. The molecule has 1 N–H and O–H groups in total. The number of halogens is 1. The maximum atomic E-state index is 13.0. The molecular weight excluding hydrogens is 504 g/mol. The molecule has 2 aromatic heterocycles. The summed E-state index contributed by atoms with van der Waals surface area (Å²) in [5.41, 5.74) is 2.64. The largest absolute Gasteiger partial charge is 0.489 e. The van der Waals surface area contributed by atoms with Gasteiger partial charge < -0.3 is 19.1 Å². The molecule has 0 spiro atoms. The van der Waals surface area contributed by atoms with E-state index in [9.17, 15) is 4.79 Å². The standard InChI is InChI=1S/C29H25ClN4O4/c1-18(2)26(29-32-27(34-38-29)20-8-4-3-5-9-20)31-28(35)24-16-25(37-33-24)19-12-14-22(15-13-19)36-17-21-10-6-7-11-23(21)30/h3-16,18,26H,17H2,1-2H3,(H,31,35). The first-order valence-electron chi connectivity index (χ1n) is 12.1. The van der Waals surface area contributed by atoms with E-state index in [4.69, 9.17) is 25.4 Å². The van der Waals surface area contributed by atoms with Gasteiger partial charge in [-0.05, 0) is 36.2 Å². The molecule has 5 aromatic rings. The molecule has 1 amide bonds. The van der Waals surface area contributed by atoms with Crippen LogP contribution in [0.5, 0.6) is 5.75 Å². The van der Waals surface area contributed by atoms with Crippen LogP contribution in [0.2, 0.25) is 5.02 Å². The van der Waals surface area contributed by atoms with E-state index in [0.29, 0.717) is 34.9 Å². The lowest BCUT2D eigenvalue weighted by atomic mass is 10.0. The third kappa shape index (κ3) is 5.76. The van der Waals surface area contributed by atoms with E-state index in [-0.39, 0.29) is 11.6 Å². The number of aromatic nitrogens is 3. The first-order valence-corrected chi connectivity index (χ1v) is 12.5. The molecule has 9 heteroatoms. The lowest BCUT2D eigenvalue weighted by molar-refractivity contribution is 0.0904. The molecule has 192 valence electrons. The van der Waals surface area contributed by atoms with Gasteiger partial charge in [-0.25, -0.2) is 0 Å². The zero-order valence-corrected chi connectivity index (χ0v) is 21.6. The number of hydrogen-bond donors (Lipinski definition) is 1. The van der Waals surface area contributed by atoms with Crippen LogP contribution >= 0.6 is 11.6 Å². The van der Waals surface area contributed by atoms with Crippen molar-refractivity contribution in [3.05, 3.63) is 107 Å². The van der Waals surface area contributed by atoms with E-state index in [1.807, 2.05) is 92.7 Å². The highest BCUT2D eigenvalue weighted by Crippen LogP contribution is 2.27.